The minimum Gasteiger partial charge on any atom is -0.351 e. The minimum absolute atomic E-state index is 0.124. The van der Waals surface area contributed by atoms with Crippen LogP contribution in [0.3, 0.4) is 0 Å². The molecule has 9 nitrogen and oxygen atoms in total. The second-order valence-electron chi connectivity index (χ2n) is 10.7. The number of carbonyl (C=O) groups excluding carboxylic acids is 3. The van der Waals surface area contributed by atoms with Crippen molar-refractivity contribution in [1.82, 2.24) is 30.1 Å². The molecular formula is C31H27FN6O3. The van der Waals surface area contributed by atoms with Crippen LogP contribution in [0.2, 0.25) is 0 Å². The number of fused-ring (bicyclic) bond motifs is 4. The zero-order valence-corrected chi connectivity index (χ0v) is 22.0. The molecule has 2 aromatic heterocycles. The van der Waals surface area contributed by atoms with Crippen molar-refractivity contribution in [1.29, 1.82) is 0 Å². The van der Waals surface area contributed by atoms with Crippen LogP contribution in [0.15, 0.2) is 78.9 Å². The number of imidazole rings is 1. The van der Waals surface area contributed by atoms with Gasteiger partial charge < -0.3 is 25.1 Å². The van der Waals surface area contributed by atoms with E-state index in [9.17, 15) is 18.8 Å². The van der Waals surface area contributed by atoms with E-state index in [1.807, 2.05) is 54.6 Å². The molecule has 2 fully saturated rings. The average molecular weight is 551 g/mol. The number of hydrogen-bond acceptors (Lipinski definition) is 4. The molecule has 0 aliphatic carbocycles. The van der Waals surface area contributed by atoms with E-state index in [2.05, 4.69) is 20.3 Å². The van der Waals surface area contributed by atoms with Crippen molar-refractivity contribution in [2.24, 2.45) is 0 Å². The fourth-order valence-electron chi connectivity index (χ4n) is 6.09. The molecule has 2 bridgehead atoms. The van der Waals surface area contributed by atoms with Crippen LogP contribution in [0.4, 0.5) is 4.39 Å². The van der Waals surface area contributed by atoms with Gasteiger partial charge in [-0.3, -0.25) is 14.4 Å². The molecule has 3 amide bonds. The maximum absolute atomic E-state index is 13.9. The molecule has 1 unspecified atom stereocenters. The zero-order chi connectivity index (χ0) is 28.1. The van der Waals surface area contributed by atoms with Crippen molar-refractivity contribution in [3.8, 4) is 0 Å². The summed E-state index contributed by atoms with van der Waals surface area (Å²) in [5, 5.41) is 3.49. The van der Waals surface area contributed by atoms with Crippen molar-refractivity contribution >= 4 is 39.7 Å². The highest BCUT2D eigenvalue weighted by Crippen LogP contribution is 2.32. The molecule has 41 heavy (non-hydrogen) atoms. The number of halogens is 1. The van der Waals surface area contributed by atoms with Gasteiger partial charge in [0.05, 0.1) is 23.1 Å². The van der Waals surface area contributed by atoms with Gasteiger partial charge in [0.2, 0.25) is 5.91 Å². The third-order valence-corrected chi connectivity index (χ3v) is 8.09. The first-order chi connectivity index (χ1) is 19.9. The number of nitrogens with zero attached hydrogens (tertiary/aromatic N) is 3. The summed E-state index contributed by atoms with van der Waals surface area (Å²) in [4.78, 5) is 54.7. The molecule has 10 heteroatoms. The Bertz CT molecular complexity index is 1760. The molecule has 206 valence electrons. The van der Waals surface area contributed by atoms with Crippen molar-refractivity contribution in [3.63, 3.8) is 0 Å². The van der Waals surface area contributed by atoms with Crippen molar-refractivity contribution < 1.29 is 18.8 Å². The molecule has 3 N–H and O–H groups in total. The molecule has 4 heterocycles. The number of likely N-dealkylation sites (tertiary alicyclic amines) is 2. The van der Waals surface area contributed by atoms with Gasteiger partial charge >= 0.3 is 0 Å². The highest BCUT2D eigenvalue weighted by molar-refractivity contribution is 6.00. The Morgan fingerprint density at radius 1 is 0.902 bits per heavy atom. The van der Waals surface area contributed by atoms with Gasteiger partial charge in [-0.25, -0.2) is 9.37 Å². The Hall–Kier alpha value is -4.99. The Balaban J connectivity index is 1.09. The first-order valence-electron chi connectivity index (χ1n) is 13.6. The number of para-hydroxylation sites is 2. The smallest absolute Gasteiger partial charge is 0.290 e. The third-order valence-electron chi connectivity index (χ3n) is 8.09. The van der Waals surface area contributed by atoms with Gasteiger partial charge in [0.25, 0.3) is 11.8 Å². The number of carbonyl (C=O) groups is 3. The second-order valence-corrected chi connectivity index (χ2v) is 10.7. The molecule has 0 radical (unpaired) electrons. The van der Waals surface area contributed by atoms with Crippen molar-refractivity contribution in [2.45, 2.75) is 31.0 Å². The number of benzene rings is 3. The summed E-state index contributed by atoms with van der Waals surface area (Å²) in [6.45, 7) is 0.800. The third kappa shape index (κ3) is 4.61. The average Bonchev–Trinajstić information content (AvgIpc) is 3.78. The van der Waals surface area contributed by atoms with Crippen LogP contribution in [0, 0.1) is 5.82 Å². The summed E-state index contributed by atoms with van der Waals surface area (Å²) < 4.78 is 13.7. The largest absolute Gasteiger partial charge is 0.351 e. The number of piperazine rings is 1. The van der Waals surface area contributed by atoms with Crippen LogP contribution < -0.4 is 5.32 Å². The van der Waals surface area contributed by atoms with Gasteiger partial charge in [0, 0.05) is 30.4 Å². The highest BCUT2D eigenvalue weighted by Gasteiger charge is 2.48. The standard InChI is InChI=1S/C31H27FN6O3/c32-20-10-11-23-19(13-20)14-26(33-23)29(39)36-27(12-18-6-2-1-3-7-18)30(40)37-16-22-15-21(37)17-38(22)31(41)28-34-24-8-4-5-9-25(24)35-28/h1-11,13-14,21-22,27,33H,12,15-17H2,(H,34,35)(H,36,39)/t21?,22-,27-/m0/s1. The monoisotopic (exact) mass is 550 g/mol. The van der Waals surface area contributed by atoms with E-state index < -0.39 is 17.8 Å². The molecule has 0 saturated carbocycles. The zero-order valence-electron chi connectivity index (χ0n) is 22.0. The van der Waals surface area contributed by atoms with Crippen LogP contribution >= 0.6 is 0 Å². The summed E-state index contributed by atoms with van der Waals surface area (Å²) >= 11 is 0. The number of rotatable bonds is 6. The van der Waals surface area contributed by atoms with E-state index >= 15 is 0 Å². The topological polar surface area (TPSA) is 114 Å². The summed E-state index contributed by atoms with van der Waals surface area (Å²) in [5.41, 5.74) is 3.33. The van der Waals surface area contributed by atoms with E-state index in [-0.39, 0.29) is 29.6 Å². The van der Waals surface area contributed by atoms with E-state index in [0.717, 1.165) is 16.6 Å². The van der Waals surface area contributed by atoms with E-state index in [1.165, 1.54) is 12.1 Å². The highest BCUT2D eigenvalue weighted by atomic mass is 19.1. The number of amides is 3. The van der Waals surface area contributed by atoms with E-state index in [1.54, 1.807) is 21.9 Å². The molecule has 2 aliphatic heterocycles. The maximum atomic E-state index is 13.9. The summed E-state index contributed by atoms with van der Waals surface area (Å²) in [6, 6.07) is 21.8. The lowest BCUT2D eigenvalue weighted by atomic mass is 10.0. The predicted octanol–water partition coefficient (Wildman–Crippen LogP) is 3.65. The van der Waals surface area contributed by atoms with Gasteiger partial charge in [0.15, 0.2) is 5.82 Å². The molecule has 2 saturated heterocycles. The lowest BCUT2D eigenvalue weighted by Gasteiger charge is -2.35. The number of aromatic nitrogens is 3. The van der Waals surface area contributed by atoms with E-state index in [0.29, 0.717) is 42.7 Å². The predicted molar refractivity (Wildman–Crippen MR) is 151 cm³/mol. The second kappa shape index (κ2) is 9.88. The quantitative estimate of drug-likeness (QED) is 0.300. The summed E-state index contributed by atoms with van der Waals surface area (Å²) in [7, 11) is 0. The molecule has 3 aromatic carbocycles. The molecule has 5 aromatic rings. The minimum atomic E-state index is -0.813. The van der Waals surface area contributed by atoms with Crippen LogP contribution in [0.5, 0.6) is 0 Å². The first kappa shape index (κ1) is 25.0. The normalized spacial score (nSPS) is 18.8. The lowest BCUT2D eigenvalue weighted by Crippen LogP contribution is -2.56. The number of H-pyrrole nitrogens is 2. The van der Waals surface area contributed by atoms with Crippen LogP contribution in [0.1, 0.15) is 33.1 Å². The fourth-order valence-corrected chi connectivity index (χ4v) is 6.09. The Morgan fingerprint density at radius 3 is 2.44 bits per heavy atom. The Labute approximate surface area is 234 Å². The summed E-state index contributed by atoms with van der Waals surface area (Å²) in [6.07, 6.45) is 0.993. The van der Waals surface area contributed by atoms with Gasteiger partial charge in [-0.1, -0.05) is 42.5 Å². The van der Waals surface area contributed by atoms with Gasteiger partial charge in [0.1, 0.15) is 17.6 Å². The van der Waals surface area contributed by atoms with E-state index in [4.69, 9.17) is 0 Å². The Kier molecular flexibility index (Phi) is 6.03. The fraction of sp³-hybridized carbons (Fsp3) is 0.226. The van der Waals surface area contributed by atoms with Gasteiger partial charge in [-0.15, -0.1) is 0 Å². The molecule has 2 aliphatic rings. The van der Waals surface area contributed by atoms with Crippen molar-refractivity contribution in [3.05, 3.63) is 102 Å². The number of aromatic amines is 2. The number of hydrogen-bond donors (Lipinski definition) is 3. The number of nitrogens with one attached hydrogen (secondary N) is 3. The SMILES string of the molecule is O=C(N[C@@H](Cc1ccccc1)C(=O)N1C[C@@H]2CC1CN2C(=O)c1nc2ccccc2[nH]1)c1cc2cc(F)ccc2[nH]1. The van der Waals surface area contributed by atoms with Gasteiger partial charge in [-0.05, 0) is 48.4 Å². The Morgan fingerprint density at radius 2 is 1.66 bits per heavy atom. The van der Waals surface area contributed by atoms with Crippen LogP contribution in [0.25, 0.3) is 21.9 Å². The summed E-state index contributed by atoms with van der Waals surface area (Å²) in [5.74, 6) is -0.901. The molecule has 7 rings (SSSR count). The maximum Gasteiger partial charge on any atom is 0.290 e. The van der Waals surface area contributed by atoms with Crippen LogP contribution in [-0.2, 0) is 11.2 Å². The van der Waals surface area contributed by atoms with Crippen LogP contribution in [-0.4, -0.2) is 73.7 Å². The van der Waals surface area contributed by atoms with Gasteiger partial charge in [-0.2, -0.15) is 0 Å². The molecule has 0 spiro atoms. The lowest BCUT2D eigenvalue weighted by molar-refractivity contribution is -0.135. The van der Waals surface area contributed by atoms with Crippen molar-refractivity contribution in [2.75, 3.05) is 13.1 Å². The molecule has 3 atom stereocenters. The molecular weight excluding hydrogens is 523 g/mol. The first-order valence-corrected chi connectivity index (χ1v) is 13.6.